The van der Waals surface area contributed by atoms with Crippen molar-refractivity contribution in [2.24, 2.45) is 5.41 Å². The van der Waals surface area contributed by atoms with Crippen molar-refractivity contribution >= 4 is 5.97 Å². The minimum atomic E-state index is -0.752. The molecule has 1 aliphatic rings. The Morgan fingerprint density at radius 2 is 2.05 bits per heavy atom. The molecule has 1 atom stereocenters. The zero-order chi connectivity index (χ0) is 15.6. The van der Waals surface area contributed by atoms with Crippen LogP contribution in [0.25, 0.3) is 0 Å². The van der Waals surface area contributed by atoms with Gasteiger partial charge in [-0.3, -0.25) is 9.69 Å². The van der Waals surface area contributed by atoms with Crippen molar-refractivity contribution < 1.29 is 19.0 Å². The van der Waals surface area contributed by atoms with Gasteiger partial charge in [-0.05, 0) is 51.9 Å². The van der Waals surface area contributed by atoms with Crippen LogP contribution in [0.1, 0.15) is 38.3 Å². The Hall–Kier alpha value is -1.62. The fourth-order valence-corrected chi connectivity index (χ4v) is 2.90. The maximum Gasteiger partial charge on any atom is 0.309 e. The summed E-state index contributed by atoms with van der Waals surface area (Å²) in [4.78, 5) is 13.4. The lowest BCUT2D eigenvalue weighted by Crippen LogP contribution is -2.43. The first-order valence-electron chi connectivity index (χ1n) is 7.19. The van der Waals surface area contributed by atoms with Gasteiger partial charge in [0.2, 0.25) is 0 Å². The van der Waals surface area contributed by atoms with Gasteiger partial charge in [-0.15, -0.1) is 0 Å². The van der Waals surface area contributed by atoms with E-state index in [1.807, 2.05) is 6.92 Å². The second-order valence-corrected chi connectivity index (χ2v) is 5.93. The minimum absolute atomic E-state index is 0.139. The number of rotatable bonds is 4. The molecule has 1 aliphatic heterocycles. The highest BCUT2D eigenvalue weighted by atomic mass is 19.1. The molecule has 0 radical (unpaired) electrons. The molecule has 0 amide bonds. The number of nitrogens with zero attached hydrogens (tertiary/aromatic N) is 1. The van der Waals surface area contributed by atoms with Crippen molar-refractivity contribution in [2.75, 3.05) is 20.2 Å². The lowest BCUT2D eigenvalue weighted by atomic mass is 9.80. The number of benzene rings is 1. The molecular weight excluding hydrogens is 273 g/mol. The quantitative estimate of drug-likeness (QED) is 0.927. The van der Waals surface area contributed by atoms with Crippen LogP contribution in [0.15, 0.2) is 18.2 Å². The fourth-order valence-electron chi connectivity index (χ4n) is 2.90. The second kappa shape index (κ2) is 6.02. The molecule has 5 heteroatoms. The summed E-state index contributed by atoms with van der Waals surface area (Å²) in [7, 11) is 1.53. The first-order valence-corrected chi connectivity index (χ1v) is 7.19. The molecule has 21 heavy (non-hydrogen) atoms. The van der Waals surface area contributed by atoms with Crippen LogP contribution in [0.5, 0.6) is 5.75 Å². The van der Waals surface area contributed by atoms with Crippen LogP contribution in [-0.2, 0) is 4.79 Å². The molecule has 0 aromatic heterocycles. The van der Waals surface area contributed by atoms with Crippen LogP contribution in [0.3, 0.4) is 0 Å². The fraction of sp³-hybridized carbons (Fsp3) is 0.562. The first-order chi connectivity index (χ1) is 9.89. The van der Waals surface area contributed by atoms with Crippen LogP contribution in [0.4, 0.5) is 4.39 Å². The van der Waals surface area contributed by atoms with E-state index in [-0.39, 0.29) is 11.9 Å². The third kappa shape index (κ3) is 3.02. The number of ether oxygens (including phenoxy) is 1. The molecule has 1 aromatic rings. The van der Waals surface area contributed by atoms with Crippen LogP contribution in [-0.4, -0.2) is 36.2 Å². The van der Waals surface area contributed by atoms with Gasteiger partial charge in [0.25, 0.3) is 0 Å². The molecule has 1 fully saturated rings. The molecule has 1 heterocycles. The molecule has 1 aromatic carbocycles. The average molecular weight is 295 g/mol. The predicted molar refractivity (Wildman–Crippen MR) is 77.9 cm³/mol. The number of methoxy groups -OCH3 is 1. The summed E-state index contributed by atoms with van der Waals surface area (Å²) >= 11 is 0. The standard InChI is InChI=1S/C16H22FNO3/c1-11(14-12(17)5-4-6-13(14)21-3)18-9-7-16(2,8-10-18)15(19)20/h4-6,11H,7-10H2,1-3H3,(H,19,20). The molecule has 1 unspecified atom stereocenters. The molecule has 0 bridgehead atoms. The second-order valence-electron chi connectivity index (χ2n) is 5.93. The Morgan fingerprint density at radius 1 is 1.43 bits per heavy atom. The number of carbonyl (C=O) groups is 1. The van der Waals surface area contributed by atoms with Crippen LogP contribution in [0.2, 0.25) is 0 Å². The van der Waals surface area contributed by atoms with Gasteiger partial charge in [0.05, 0.1) is 12.5 Å². The van der Waals surface area contributed by atoms with E-state index in [1.54, 1.807) is 19.1 Å². The topological polar surface area (TPSA) is 49.8 Å². The number of halogens is 1. The van der Waals surface area contributed by atoms with Gasteiger partial charge in [-0.1, -0.05) is 6.07 Å². The molecule has 1 N–H and O–H groups in total. The van der Waals surface area contributed by atoms with Crippen molar-refractivity contribution in [2.45, 2.75) is 32.7 Å². The lowest BCUT2D eigenvalue weighted by molar-refractivity contribution is -0.151. The number of hydrogen-bond acceptors (Lipinski definition) is 3. The van der Waals surface area contributed by atoms with E-state index >= 15 is 0 Å². The summed E-state index contributed by atoms with van der Waals surface area (Å²) in [6.45, 7) is 4.99. The third-order valence-electron chi connectivity index (χ3n) is 4.62. The average Bonchev–Trinajstić information content (AvgIpc) is 2.47. The summed E-state index contributed by atoms with van der Waals surface area (Å²) in [6.07, 6.45) is 1.15. The van der Waals surface area contributed by atoms with E-state index in [4.69, 9.17) is 4.74 Å². The van der Waals surface area contributed by atoms with E-state index in [9.17, 15) is 14.3 Å². The van der Waals surface area contributed by atoms with Gasteiger partial charge in [-0.2, -0.15) is 0 Å². The summed E-state index contributed by atoms with van der Waals surface area (Å²) in [5.41, 5.74) is -0.130. The maximum atomic E-state index is 14.1. The van der Waals surface area contributed by atoms with Crippen molar-refractivity contribution in [1.29, 1.82) is 0 Å². The highest BCUT2D eigenvalue weighted by Crippen LogP contribution is 2.37. The Balaban J connectivity index is 2.16. The molecule has 0 saturated carbocycles. The van der Waals surface area contributed by atoms with Gasteiger partial charge in [-0.25, -0.2) is 4.39 Å². The summed E-state index contributed by atoms with van der Waals surface area (Å²) in [6, 6.07) is 4.67. The number of hydrogen-bond donors (Lipinski definition) is 1. The van der Waals surface area contributed by atoms with Crippen molar-refractivity contribution in [3.05, 3.63) is 29.6 Å². The normalized spacial score (nSPS) is 20.0. The number of likely N-dealkylation sites (tertiary alicyclic amines) is 1. The smallest absolute Gasteiger partial charge is 0.309 e. The highest BCUT2D eigenvalue weighted by Gasteiger charge is 2.38. The Labute approximate surface area is 124 Å². The molecular formula is C16H22FNO3. The number of aliphatic carboxylic acids is 1. The van der Waals surface area contributed by atoms with Gasteiger partial charge in [0.15, 0.2) is 0 Å². The van der Waals surface area contributed by atoms with Crippen LogP contribution < -0.4 is 4.74 Å². The van der Waals surface area contributed by atoms with Crippen LogP contribution in [0, 0.1) is 11.2 Å². The largest absolute Gasteiger partial charge is 0.496 e. The Bertz CT molecular complexity index is 524. The highest BCUT2D eigenvalue weighted by molar-refractivity contribution is 5.74. The molecule has 2 rings (SSSR count). The zero-order valence-electron chi connectivity index (χ0n) is 12.7. The Morgan fingerprint density at radius 3 is 2.57 bits per heavy atom. The van der Waals surface area contributed by atoms with Gasteiger partial charge < -0.3 is 9.84 Å². The van der Waals surface area contributed by atoms with E-state index < -0.39 is 11.4 Å². The van der Waals surface area contributed by atoms with Crippen LogP contribution >= 0.6 is 0 Å². The monoisotopic (exact) mass is 295 g/mol. The van der Waals surface area contributed by atoms with E-state index in [0.717, 1.165) is 0 Å². The minimum Gasteiger partial charge on any atom is -0.496 e. The molecule has 0 aliphatic carbocycles. The van der Waals surface area contributed by atoms with Gasteiger partial charge >= 0.3 is 5.97 Å². The third-order valence-corrected chi connectivity index (χ3v) is 4.62. The maximum absolute atomic E-state index is 14.1. The van der Waals surface area contributed by atoms with E-state index in [0.29, 0.717) is 37.2 Å². The summed E-state index contributed by atoms with van der Waals surface area (Å²) in [5, 5.41) is 9.27. The molecule has 0 spiro atoms. The van der Waals surface area contributed by atoms with Crippen molar-refractivity contribution in [3.63, 3.8) is 0 Å². The van der Waals surface area contributed by atoms with Crippen molar-refractivity contribution in [1.82, 2.24) is 4.90 Å². The first kappa shape index (κ1) is 15.8. The summed E-state index contributed by atoms with van der Waals surface area (Å²) < 4.78 is 19.4. The van der Waals surface area contributed by atoms with Crippen molar-refractivity contribution in [3.8, 4) is 5.75 Å². The predicted octanol–water partition coefficient (Wildman–Crippen LogP) is 3.08. The number of piperidine rings is 1. The Kier molecular flexibility index (Phi) is 4.52. The zero-order valence-corrected chi connectivity index (χ0v) is 12.7. The molecule has 116 valence electrons. The lowest BCUT2D eigenvalue weighted by Gasteiger charge is -2.39. The van der Waals surface area contributed by atoms with E-state index in [1.165, 1.54) is 13.2 Å². The molecule has 1 saturated heterocycles. The van der Waals surface area contributed by atoms with Gasteiger partial charge in [0.1, 0.15) is 11.6 Å². The molecule has 4 nitrogen and oxygen atoms in total. The SMILES string of the molecule is COc1cccc(F)c1C(C)N1CCC(C)(C(=O)O)CC1. The summed E-state index contributed by atoms with van der Waals surface area (Å²) in [5.74, 6) is -0.499. The van der Waals surface area contributed by atoms with E-state index in [2.05, 4.69) is 4.90 Å². The van der Waals surface area contributed by atoms with Gasteiger partial charge in [0, 0.05) is 11.6 Å². The number of carboxylic acids is 1. The number of carboxylic acid groups (broad SMARTS) is 1.